The maximum atomic E-state index is 14.9. The van der Waals surface area contributed by atoms with Gasteiger partial charge in [-0.3, -0.25) is 14.4 Å². The molecule has 0 saturated heterocycles. The van der Waals surface area contributed by atoms with Crippen molar-refractivity contribution in [3.8, 4) is 5.75 Å². The van der Waals surface area contributed by atoms with Crippen molar-refractivity contribution in [3.63, 3.8) is 0 Å². The van der Waals surface area contributed by atoms with E-state index in [1.807, 2.05) is 5.32 Å². The van der Waals surface area contributed by atoms with Gasteiger partial charge in [0.15, 0.2) is 5.78 Å². The number of carbonyl (C=O) groups is 3. The van der Waals surface area contributed by atoms with E-state index < -0.39 is 46.1 Å². The Morgan fingerprint density at radius 1 is 1.08 bits per heavy atom. The lowest BCUT2D eigenvalue weighted by molar-refractivity contribution is -0.190. The van der Waals surface area contributed by atoms with Crippen LogP contribution in [0, 0.1) is 11.2 Å². The molecule has 0 unspecified atom stereocenters. The number of benzene rings is 2. The Balaban J connectivity index is 1.79. The summed E-state index contributed by atoms with van der Waals surface area (Å²) in [4.78, 5) is 40.9. The molecule has 2 aromatic carbocycles. The molecule has 0 radical (unpaired) electrons. The van der Waals surface area contributed by atoms with E-state index in [1.54, 1.807) is 13.8 Å². The third kappa shape index (κ3) is 4.72. The van der Waals surface area contributed by atoms with Gasteiger partial charge in [0.1, 0.15) is 11.6 Å². The van der Waals surface area contributed by atoms with Crippen LogP contribution in [0.1, 0.15) is 42.6 Å². The number of rotatable bonds is 6. The van der Waals surface area contributed by atoms with Crippen LogP contribution in [0.2, 0.25) is 0 Å². The van der Waals surface area contributed by atoms with Gasteiger partial charge in [-0.1, -0.05) is 32.0 Å². The number of ketones is 1. The van der Waals surface area contributed by atoms with Crippen molar-refractivity contribution < 1.29 is 36.7 Å². The number of amides is 2. The van der Waals surface area contributed by atoms with Crippen molar-refractivity contribution in [1.29, 1.82) is 0 Å². The van der Waals surface area contributed by atoms with Crippen molar-refractivity contribution in [2.24, 2.45) is 5.41 Å². The lowest BCUT2D eigenvalue weighted by Gasteiger charge is -2.35. The van der Waals surface area contributed by atoms with Gasteiger partial charge in [0.05, 0.1) is 12.7 Å². The maximum absolute atomic E-state index is 14.9. The molecule has 10 heteroatoms. The topological polar surface area (TPSA) is 75.7 Å². The Labute approximate surface area is 211 Å². The molecule has 196 valence electrons. The number of nitrogens with one attached hydrogen (secondary N) is 1. The molecular formula is C27H26F4N2O4. The monoisotopic (exact) mass is 518 g/mol. The second kappa shape index (κ2) is 9.32. The Morgan fingerprint density at radius 3 is 2.38 bits per heavy atom. The van der Waals surface area contributed by atoms with Crippen LogP contribution in [0.5, 0.6) is 5.75 Å². The lowest BCUT2D eigenvalue weighted by Crippen LogP contribution is -2.66. The third-order valence-corrected chi connectivity index (χ3v) is 6.71. The molecule has 2 amide bonds. The molecule has 0 spiro atoms. The highest BCUT2D eigenvalue weighted by molar-refractivity contribution is 6.14. The molecule has 0 saturated carbocycles. The van der Waals surface area contributed by atoms with Crippen LogP contribution < -0.4 is 10.1 Å². The average molecular weight is 519 g/mol. The smallest absolute Gasteiger partial charge is 0.425 e. The van der Waals surface area contributed by atoms with E-state index in [2.05, 4.69) is 0 Å². The van der Waals surface area contributed by atoms with Crippen LogP contribution in [0.4, 0.5) is 17.6 Å². The van der Waals surface area contributed by atoms with Crippen molar-refractivity contribution in [2.45, 2.75) is 44.8 Å². The number of halogens is 4. The molecule has 1 heterocycles. The minimum atomic E-state index is -5.30. The first-order valence-corrected chi connectivity index (χ1v) is 11.7. The summed E-state index contributed by atoms with van der Waals surface area (Å²) >= 11 is 0. The summed E-state index contributed by atoms with van der Waals surface area (Å²) in [6, 6.07) is 10.9. The fourth-order valence-electron chi connectivity index (χ4n) is 4.96. The number of carbonyl (C=O) groups excluding carboxylic acids is 3. The minimum Gasteiger partial charge on any atom is -0.497 e. The average Bonchev–Trinajstić information content (AvgIpc) is 3.05. The van der Waals surface area contributed by atoms with Crippen molar-refractivity contribution in [2.75, 3.05) is 13.7 Å². The molecule has 1 atom stereocenters. The Morgan fingerprint density at radius 2 is 1.76 bits per heavy atom. The molecule has 1 N–H and O–H groups in total. The van der Waals surface area contributed by atoms with Gasteiger partial charge in [-0.15, -0.1) is 0 Å². The Kier molecular flexibility index (Phi) is 6.64. The number of nitrogens with zero attached hydrogens (tertiary/aromatic N) is 1. The van der Waals surface area contributed by atoms with Crippen LogP contribution in [-0.4, -0.2) is 47.9 Å². The molecule has 6 nitrogen and oxygen atoms in total. The van der Waals surface area contributed by atoms with Crippen molar-refractivity contribution in [3.05, 3.63) is 76.7 Å². The molecular weight excluding hydrogens is 492 g/mol. The molecule has 4 rings (SSSR count). The molecule has 1 aliphatic heterocycles. The van der Waals surface area contributed by atoms with Gasteiger partial charge in [-0.25, -0.2) is 4.39 Å². The second-order valence-corrected chi connectivity index (χ2v) is 10.0. The van der Waals surface area contributed by atoms with Crippen LogP contribution in [0.15, 0.2) is 59.8 Å². The minimum absolute atomic E-state index is 0.0378. The van der Waals surface area contributed by atoms with Crippen molar-refractivity contribution >= 4 is 17.6 Å². The number of allylic oxidation sites excluding steroid dienone is 1. The number of hydrogen-bond acceptors (Lipinski definition) is 4. The number of alkyl halides is 3. The standard InChI is InChI=1S/C27H26F4N2O4/c1-25(2)14-20-22(21(34)15-25)26(27(29,30)31,32-23(35)17-5-4-6-19(13-17)37-3)24(36)33(20)12-11-16-7-9-18(28)10-8-16/h4-10,13H,11-12,14-15H2,1-3H3,(H,32,35)/t26-/m1/s1. The quantitative estimate of drug-likeness (QED) is 0.568. The van der Waals surface area contributed by atoms with Gasteiger partial charge in [0, 0.05) is 24.2 Å². The van der Waals surface area contributed by atoms with E-state index in [4.69, 9.17) is 4.74 Å². The van der Waals surface area contributed by atoms with E-state index >= 15 is 0 Å². The molecule has 2 aromatic rings. The van der Waals surface area contributed by atoms with Gasteiger partial charge < -0.3 is 15.0 Å². The highest BCUT2D eigenvalue weighted by atomic mass is 19.4. The van der Waals surface area contributed by atoms with Gasteiger partial charge in [0.2, 0.25) is 5.54 Å². The van der Waals surface area contributed by atoms with Crippen LogP contribution in [0.25, 0.3) is 0 Å². The summed E-state index contributed by atoms with van der Waals surface area (Å²) in [6.07, 6.45) is -5.36. The summed E-state index contributed by atoms with van der Waals surface area (Å²) in [7, 11) is 1.34. The first-order valence-electron chi connectivity index (χ1n) is 11.7. The predicted octanol–water partition coefficient (Wildman–Crippen LogP) is 4.59. The van der Waals surface area contributed by atoms with E-state index in [0.717, 1.165) is 4.90 Å². The number of hydrogen-bond donors (Lipinski definition) is 1. The first-order chi connectivity index (χ1) is 17.3. The van der Waals surface area contributed by atoms with Crippen LogP contribution in [0.3, 0.4) is 0 Å². The number of Topliss-reactive ketones (excluding diaryl/α,β-unsaturated/α-hetero) is 1. The normalized spacial score (nSPS) is 21.2. The summed E-state index contributed by atoms with van der Waals surface area (Å²) in [6.45, 7) is 3.29. The van der Waals surface area contributed by atoms with Crippen LogP contribution in [-0.2, 0) is 16.0 Å². The van der Waals surface area contributed by atoms with Gasteiger partial charge in [-0.05, 0) is 54.2 Å². The van der Waals surface area contributed by atoms with Gasteiger partial charge in [0.25, 0.3) is 11.8 Å². The highest BCUT2D eigenvalue weighted by Crippen LogP contribution is 2.51. The van der Waals surface area contributed by atoms with E-state index in [1.165, 1.54) is 55.6 Å². The molecule has 0 aromatic heterocycles. The molecule has 2 aliphatic rings. The SMILES string of the molecule is COc1cccc(C(=O)N[C@@]2(C(F)(F)F)C(=O)N(CCc3ccc(F)cc3)C3=C2C(=O)CC(C)(C)C3)c1. The summed E-state index contributed by atoms with van der Waals surface area (Å²) < 4.78 is 63.0. The second-order valence-electron chi connectivity index (χ2n) is 10.0. The maximum Gasteiger partial charge on any atom is 0.425 e. The highest BCUT2D eigenvalue weighted by Gasteiger charge is 2.71. The largest absolute Gasteiger partial charge is 0.497 e. The number of ether oxygens (including phenoxy) is 1. The zero-order valence-electron chi connectivity index (χ0n) is 20.5. The molecule has 0 bridgehead atoms. The fraction of sp³-hybridized carbons (Fsp3) is 0.370. The fourth-order valence-corrected chi connectivity index (χ4v) is 4.96. The molecule has 0 fully saturated rings. The lowest BCUT2D eigenvalue weighted by atomic mass is 9.72. The number of methoxy groups -OCH3 is 1. The first kappa shape index (κ1) is 26.4. The summed E-state index contributed by atoms with van der Waals surface area (Å²) in [5, 5.41) is 1.90. The Hall–Kier alpha value is -3.69. The van der Waals surface area contributed by atoms with E-state index in [-0.39, 0.29) is 42.8 Å². The zero-order valence-corrected chi connectivity index (χ0v) is 20.5. The van der Waals surface area contributed by atoms with Crippen LogP contribution >= 0.6 is 0 Å². The Bertz CT molecular complexity index is 1280. The van der Waals surface area contributed by atoms with Gasteiger partial charge >= 0.3 is 6.18 Å². The summed E-state index contributed by atoms with van der Waals surface area (Å²) in [5.41, 5.74) is -4.56. The van der Waals surface area contributed by atoms with Crippen molar-refractivity contribution in [1.82, 2.24) is 10.2 Å². The predicted molar refractivity (Wildman–Crippen MR) is 126 cm³/mol. The molecule has 1 aliphatic carbocycles. The van der Waals surface area contributed by atoms with Gasteiger partial charge in [-0.2, -0.15) is 13.2 Å². The third-order valence-electron chi connectivity index (χ3n) is 6.71. The zero-order chi connectivity index (χ0) is 27.2. The molecule has 37 heavy (non-hydrogen) atoms. The summed E-state index contributed by atoms with van der Waals surface area (Å²) in [5.74, 6) is -3.68. The van der Waals surface area contributed by atoms with E-state index in [9.17, 15) is 31.9 Å². The van der Waals surface area contributed by atoms with E-state index in [0.29, 0.717) is 5.56 Å².